The van der Waals surface area contributed by atoms with Gasteiger partial charge in [-0.25, -0.2) is 14.2 Å². The minimum atomic E-state index is -1.31. The summed E-state index contributed by atoms with van der Waals surface area (Å²) in [4.78, 5) is 27.4. The Morgan fingerprint density at radius 1 is 1.45 bits per heavy atom. The first-order chi connectivity index (χ1) is 9.49. The minimum absolute atomic E-state index is 0.0578. The van der Waals surface area contributed by atoms with Gasteiger partial charge in [-0.05, 0) is 24.8 Å². The summed E-state index contributed by atoms with van der Waals surface area (Å²) in [5.41, 5.74) is 4.78. The highest BCUT2D eigenvalue weighted by molar-refractivity contribution is 5.88. The molecule has 20 heavy (non-hydrogen) atoms. The molecule has 7 heteroatoms. The maximum absolute atomic E-state index is 14.1. The third-order valence-electron chi connectivity index (χ3n) is 3.51. The van der Waals surface area contributed by atoms with E-state index in [1.165, 1.54) is 6.20 Å². The van der Waals surface area contributed by atoms with Gasteiger partial charge in [0, 0.05) is 25.7 Å². The number of aromatic carboxylic acids is 1. The number of rotatable bonds is 4. The average Bonchev–Trinajstić information content (AvgIpc) is 2.39. The van der Waals surface area contributed by atoms with E-state index in [1.807, 2.05) is 0 Å². The molecule has 1 aromatic rings. The molecule has 0 saturated carbocycles. The van der Waals surface area contributed by atoms with Crippen LogP contribution in [0.4, 0.5) is 10.2 Å². The monoisotopic (exact) mass is 281 g/mol. The molecule has 0 spiro atoms. The number of amides is 1. The zero-order valence-electron chi connectivity index (χ0n) is 10.9. The van der Waals surface area contributed by atoms with Crippen LogP contribution in [-0.4, -0.2) is 35.1 Å². The lowest BCUT2D eigenvalue weighted by atomic mass is 9.93. The van der Waals surface area contributed by atoms with Crippen molar-refractivity contribution in [3.05, 3.63) is 23.6 Å². The third-order valence-corrected chi connectivity index (χ3v) is 3.51. The highest BCUT2D eigenvalue weighted by Gasteiger charge is 2.25. The molecule has 108 valence electrons. The van der Waals surface area contributed by atoms with Gasteiger partial charge in [-0.15, -0.1) is 0 Å². The molecule has 0 aromatic carbocycles. The molecular formula is C13H16FN3O3. The molecule has 0 aliphatic carbocycles. The number of anilines is 1. The molecule has 1 saturated heterocycles. The SMILES string of the molecule is NC(=O)CC1CCN(c2nccc(C(=O)O)c2F)CC1. The number of nitrogens with two attached hydrogens (primary N) is 1. The standard InChI is InChI=1S/C13H16FN3O3/c14-11-9(13(19)20)1-4-16-12(11)17-5-2-8(3-6-17)7-10(15)18/h1,4,8H,2-3,5-7H2,(H2,15,18)(H,19,20). The van der Waals surface area contributed by atoms with E-state index >= 15 is 0 Å². The van der Waals surface area contributed by atoms with Crippen molar-refractivity contribution in [2.75, 3.05) is 18.0 Å². The molecule has 2 rings (SSSR count). The van der Waals surface area contributed by atoms with E-state index in [9.17, 15) is 14.0 Å². The van der Waals surface area contributed by atoms with Crippen LogP contribution >= 0.6 is 0 Å². The summed E-state index contributed by atoms with van der Waals surface area (Å²) in [6, 6.07) is 1.14. The molecule has 1 aliphatic heterocycles. The predicted molar refractivity (Wildman–Crippen MR) is 69.9 cm³/mol. The second-order valence-corrected chi connectivity index (χ2v) is 4.90. The van der Waals surface area contributed by atoms with E-state index in [2.05, 4.69) is 4.98 Å². The van der Waals surface area contributed by atoms with E-state index < -0.39 is 11.8 Å². The molecule has 3 N–H and O–H groups in total. The first kappa shape index (κ1) is 14.2. The average molecular weight is 281 g/mol. The lowest BCUT2D eigenvalue weighted by molar-refractivity contribution is -0.119. The Labute approximate surface area is 115 Å². The van der Waals surface area contributed by atoms with E-state index in [0.717, 1.165) is 6.07 Å². The second kappa shape index (κ2) is 5.85. The molecule has 1 fully saturated rings. The smallest absolute Gasteiger partial charge is 0.338 e. The quantitative estimate of drug-likeness (QED) is 0.858. The highest BCUT2D eigenvalue weighted by Crippen LogP contribution is 2.26. The minimum Gasteiger partial charge on any atom is -0.478 e. The molecule has 1 amide bonds. The van der Waals surface area contributed by atoms with Gasteiger partial charge in [0.25, 0.3) is 0 Å². The Bertz CT molecular complexity index is 528. The van der Waals surface area contributed by atoms with Gasteiger partial charge in [0.15, 0.2) is 11.6 Å². The molecule has 6 nitrogen and oxygen atoms in total. The maximum Gasteiger partial charge on any atom is 0.338 e. The molecule has 2 heterocycles. The van der Waals surface area contributed by atoms with Crippen LogP contribution in [0.5, 0.6) is 0 Å². The molecular weight excluding hydrogens is 265 g/mol. The van der Waals surface area contributed by atoms with Crippen molar-refractivity contribution in [1.29, 1.82) is 0 Å². The summed E-state index contributed by atoms with van der Waals surface area (Å²) in [7, 11) is 0. The van der Waals surface area contributed by atoms with Crippen molar-refractivity contribution >= 4 is 17.7 Å². The number of carbonyl (C=O) groups is 2. The number of halogens is 1. The summed E-state index contributed by atoms with van der Waals surface area (Å²) in [5, 5.41) is 8.89. The first-order valence-corrected chi connectivity index (χ1v) is 6.40. The van der Waals surface area contributed by atoms with Crippen LogP contribution in [0.2, 0.25) is 0 Å². The van der Waals surface area contributed by atoms with E-state index in [4.69, 9.17) is 10.8 Å². The first-order valence-electron chi connectivity index (χ1n) is 6.40. The lowest BCUT2D eigenvalue weighted by Crippen LogP contribution is -2.36. The van der Waals surface area contributed by atoms with Gasteiger partial charge in [0.05, 0.1) is 0 Å². The topological polar surface area (TPSA) is 96.5 Å². The second-order valence-electron chi connectivity index (χ2n) is 4.90. The van der Waals surface area contributed by atoms with Crippen molar-refractivity contribution in [3.63, 3.8) is 0 Å². The van der Waals surface area contributed by atoms with Gasteiger partial charge in [0.2, 0.25) is 5.91 Å². The Morgan fingerprint density at radius 2 is 2.10 bits per heavy atom. The molecule has 0 radical (unpaired) electrons. The number of piperidine rings is 1. The van der Waals surface area contributed by atoms with Gasteiger partial charge in [-0.1, -0.05) is 0 Å². The Morgan fingerprint density at radius 3 is 2.65 bits per heavy atom. The van der Waals surface area contributed by atoms with Crippen LogP contribution in [0.3, 0.4) is 0 Å². The van der Waals surface area contributed by atoms with E-state index in [1.54, 1.807) is 4.90 Å². The van der Waals surface area contributed by atoms with Gasteiger partial charge in [0.1, 0.15) is 5.56 Å². The predicted octanol–water partition coefficient (Wildman–Crippen LogP) is 1.01. The number of hydrogen-bond acceptors (Lipinski definition) is 4. The van der Waals surface area contributed by atoms with Gasteiger partial charge < -0.3 is 15.7 Å². The molecule has 0 unspecified atom stereocenters. The number of carboxylic acids is 1. The fourth-order valence-electron chi connectivity index (χ4n) is 2.45. The number of aromatic nitrogens is 1. The fourth-order valence-corrected chi connectivity index (χ4v) is 2.45. The molecule has 1 aliphatic rings. The van der Waals surface area contributed by atoms with Gasteiger partial charge >= 0.3 is 5.97 Å². The normalized spacial score (nSPS) is 16.1. The summed E-state index contributed by atoms with van der Waals surface area (Å²) >= 11 is 0. The molecule has 0 atom stereocenters. The van der Waals surface area contributed by atoms with Crippen LogP contribution < -0.4 is 10.6 Å². The summed E-state index contributed by atoms with van der Waals surface area (Å²) in [6.45, 7) is 1.07. The Hall–Kier alpha value is -2.18. The largest absolute Gasteiger partial charge is 0.478 e. The summed E-state index contributed by atoms with van der Waals surface area (Å²) < 4.78 is 14.1. The van der Waals surface area contributed by atoms with Crippen molar-refractivity contribution in [1.82, 2.24) is 4.98 Å². The van der Waals surface area contributed by atoms with Gasteiger partial charge in [-0.2, -0.15) is 0 Å². The van der Waals surface area contributed by atoms with Crippen LogP contribution in [0.1, 0.15) is 29.6 Å². The third kappa shape index (κ3) is 3.04. The Kier molecular flexibility index (Phi) is 4.16. The van der Waals surface area contributed by atoms with Crippen molar-refractivity contribution in [2.24, 2.45) is 11.7 Å². The summed E-state index contributed by atoms with van der Waals surface area (Å²) in [5.74, 6) is -2.19. The summed E-state index contributed by atoms with van der Waals surface area (Å²) in [6.07, 6.45) is 3.04. The number of hydrogen-bond donors (Lipinski definition) is 2. The Balaban J connectivity index is 2.09. The van der Waals surface area contributed by atoms with E-state index in [0.29, 0.717) is 32.4 Å². The number of carboxylic acid groups (broad SMARTS) is 1. The van der Waals surface area contributed by atoms with E-state index in [-0.39, 0.29) is 23.2 Å². The fraction of sp³-hybridized carbons (Fsp3) is 0.462. The number of carbonyl (C=O) groups excluding carboxylic acids is 1. The zero-order chi connectivity index (χ0) is 14.7. The van der Waals surface area contributed by atoms with Crippen LogP contribution in [0.25, 0.3) is 0 Å². The molecule has 0 bridgehead atoms. The number of nitrogens with zero attached hydrogens (tertiary/aromatic N) is 2. The van der Waals surface area contributed by atoms with Crippen molar-refractivity contribution in [2.45, 2.75) is 19.3 Å². The van der Waals surface area contributed by atoms with Crippen LogP contribution in [0, 0.1) is 11.7 Å². The van der Waals surface area contributed by atoms with Crippen molar-refractivity contribution < 1.29 is 19.1 Å². The number of primary amides is 1. The zero-order valence-corrected chi connectivity index (χ0v) is 10.9. The van der Waals surface area contributed by atoms with Gasteiger partial charge in [-0.3, -0.25) is 4.79 Å². The highest BCUT2D eigenvalue weighted by atomic mass is 19.1. The van der Waals surface area contributed by atoms with Crippen molar-refractivity contribution in [3.8, 4) is 0 Å². The van der Waals surface area contributed by atoms with Crippen LogP contribution in [-0.2, 0) is 4.79 Å². The lowest BCUT2D eigenvalue weighted by Gasteiger charge is -2.32. The number of pyridine rings is 1. The molecule has 1 aromatic heterocycles. The van der Waals surface area contributed by atoms with Crippen LogP contribution in [0.15, 0.2) is 12.3 Å². The maximum atomic E-state index is 14.1.